The van der Waals surface area contributed by atoms with Gasteiger partial charge in [-0.2, -0.15) is 0 Å². The van der Waals surface area contributed by atoms with Crippen LogP contribution in [0.2, 0.25) is 0 Å². The Bertz CT molecular complexity index is 463. The lowest BCUT2D eigenvalue weighted by atomic mass is 10.1. The molecular formula is C16H24IN3O. The fraction of sp³-hybridized carbons (Fsp3) is 0.438. The molecule has 0 fully saturated rings. The molecule has 1 aromatic rings. The Hall–Kier alpha value is -1.24. The van der Waals surface area contributed by atoms with Crippen molar-refractivity contribution in [2.75, 3.05) is 20.1 Å². The fourth-order valence-corrected chi connectivity index (χ4v) is 2.24. The third kappa shape index (κ3) is 5.57. The molecule has 1 heterocycles. The first-order valence-electron chi connectivity index (χ1n) is 7.13. The molecule has 2 rings (SSSR count). The predicted molar refractivity (Wildman–Crippen MR) is 98.8 cm³/mol. The Morgan fingerprint density at radius 3 is 2.90 bits per heavy atom. The van der Waals surface area contributed by atoms with Gasteiger partial charge in [-0.15, -0.1) is 24.0 Å². The zero-order valence-corrected chi connectivity index (χ0v) is 15.0. The van der Waals surface area contributed by atoms with Gasteiger partial charge in [0.2, 0.25) is 0 Å². The molecule has 116 valence electrons. The molecule has 1 aromatic carbocycles. The molecule has 1 unspecified atom stereocenters. The van der Waals surface area contributed by atoms with Crippen LogP contribution in [0.4, 0.5) is 0 Å². The minimum Gasteiger partial charge on any atom is -0.488 e. The highest BCUT2D eigenvalue weighted by molar-refractivity contribution is 14.0. The normalized spacial score (nSPS) is 17.0. The van der Waals surface area contributed by atoms with Crippen molar-refractivity contribution in [1.82, 2.24) is 10.6 Å². The third-order valence-corrected chi connectivity index (χ3v) is 3.27. The summed E-state index contributed by atoms with van der Waals surface area (Å²) in [5, 5.41) is 6.59. The second-order valence-electron chi connectivity index (χ2n) is 4.79. The number of hydrogen-bond donors (Lipinski definition) is 2. The van der Waals surface area contributed by atoms with E-state index >= 15 is 0 Å². The summed E-state index contributed by atoms with van der Waals surface area (Å²) in [6.07, 6.45) is 6.33. The Morgan fingerprint density at radius 2 is 2.19 bits per heavy atom. The maximum absolute atomic E-state index is 5.89. The number of guanidine groups is 1. The van der Waals surface area contributed by atoms with E-state index in [0.717, 1.165) is 37.6 Å². The van der Waals surface area contributed by atoms with Crippen molar-refractivity contribution in [3.8, 4) is 5.75 Å². The summed E-state index contributed by atoms with van der Waals surface area (Å²) in [5.41, 5.74) is 1.29. The van der Waals surface area contributed by atoms with Crippen molar-refractivity contribution in [3.05, 3.63) is 42.0 Å². The van der Waals surface area contributed by atoms with E-state index in [9.17, 15) is 0 Å². The molecule has 21 heavy (non-hydrogen) atoms. The summed E-state index contributed by atoms with van der Waals surface area (Å²) in [7, 11) is 1.79. The number of nitrogens with zero attached hydrogens (tertiary/aromatic N) is 1. The van der Waals surface area contributed by atoms with Crippen molar-refractivity contribution < 1.29 is 4.74 Å². The highest BCUT2D eigenvalue weighted by Gasteiger charge is 2.22. The Kier molecular flexibility index (Phi) is 8.19. The smallest absolute Gasteiger partial charge is 0.191 e. The van der Waals surface area contributed by atoms with Gasteiger partial charge in [0, 0.05) is 20.0 Å². The van der Waals surface area contributed by atoms with E-state index in [1.807, 2.05) is 19.1 Å². The molecule has 0 saturated carbocycles. The average molecular weight is 401 g/mol. The van der Waals surface area contributed by atoms with Crippen LogP contribution in [0, 0.1) is 0 Å². The first-order chi connectivity index (χ1) is 9.83. The van der Waals surface area contributed by atoms with Gasteiger partial charge in [0.15, 0.2) is 5.96 Å². The molecule has 1 aliphatic rings. The van der Waals surface area contributed by atoms with Crippen molar-refractivity contribution in [2.24, 2.45) is 4.99 Å². The zero-order valence-electron chi connectivity index (χ0n) is 12.6. The minimum absolute atomic E-state index is 0. The molecular weight excluding hydrogens is 377 g/mol. The molecule has 1 atom stereocenters. The number of nitrogens with one attached hydrogen (secondary N) is 2. The molecule has 0 amide bonds. The van der Waals surface area contributed by atoms with Gasteiger partial charge in [0.1, 0.15) is 11.9 Å². The molecule has 0 saturated heterocycles. The molecule has 5 heteroatoms. The molecule has 0 radical (unpaired) electrons. The van der Waals surface area contributed by atoms with Crippen molar-refractivity contribution in [3.63, 3.8) is 0 Å². The summed E-state index contributed by atoms with van der Waals surface area (Å²) in [6.45, 7) is 3.68. The Morgan fingerprint density at radius 1 is 1.38 bits per heavy atom. The van der Waals surface area contributed by atoms with E-state index in [4.69, 9.17) is 4.74 Å². The molecule has 1 aliphatic heterocycles. The number of fused-ring (bicyclic) bond motifs is 1. The summed E-state index contributed by atoms with van der Waals surface area (Å²) >= 11 is 0. The van der Waals surface area contributed by atoms with Crippen molar-refractivity contribution in [1.29, 1.82) is 0 Å². The van der Waals surface area contributed by atoms with Crippen LogP contribution in [-0.4, -0.2) is 32.2 Å². The number of halogens is 1. The summed E-state index contributed by atoms with van der Waals surface area (Å²) in [5.74, 6) is 1.84. The van der Waals surface area contributed by atoms with Crippen LogP contribution in [0.1, 0.15) is 18.9 Å². The van der Waals surface area contributed by atoms with Gasteiger partial charge in [-0.3, -0.25) is 4.99 Å². The predicted octanol–water partition coefficient (Wildman–Crippen LogP) is 2.74. The highest BCUT2D eigenvalue weighted by Crippen LogP contribution is 2.27. The van der Waals surface area contributed by atoms with Crippen LogP contribution in [-0.2, 0) is 6.42 Å². The van der Waals surface area contributed by atoms with Gasteiger partial charge in [0.25, 0.3) is 0 Å². The van der Waals surface area contributed by atoms with Crippen LogP contribution < -0.4 is 15.4 Å². The van der Waals surface area contributed by atoms with Crippen LogP contribution >= 0.6 is 24.0 Å². The Labute approximate surface area is 144 Å². The second kappa shape index (κ2) is 9.65. The largest absolute Gasteiger partial charge is 0.488 e. The van der Waals surface area contributed by atoms with E-state index < -0.39 is 0 Å². The van der Waals surface area contributed by atoms with Gasteiger partial charge >= 0.3 is 0 Å². The molecule has 0 spiro atoms. The molecule has 0 bridgehead atoms. The lowest BCUT2D eigenvalue weighted by Gasteiger charge is -2.15. The quantitative estimate of drug-likeness (QED) is 0.262. The SMILES string of the molecule is CC=CCCNC(=NC)NCC1Cc2ccccc2O1.I. The van der Waals surface area contributed by atoms with E-state index in [0.29, 0.717) is 0 Å². The van der Waals surface area contributed by atoms with Gasteiger partial charge < -0.3 is 15.4 Å². The van der Waals surface area contributed by atoms with Crippen molar-refractivity contribution >= 4 is 29.9 Å². The van der Waals surface area contributed by atoms with Crippen LogP contribution in [0.15, 0.2) is 41.4 Å². The van der Waals surface area contributed by atoms with E-state index in [-0.39, 0.29) is 30.1 Å². The van der Waals surface area contributed by atoms with Crippen LogP contribution in [0.25, 0.3) is 0 Å². The number of benzene rings is 1. The van der Waals surface area contributed by atoms with Gasteiger partial charge in [-0.25, -0.2) is 0 Å². The molecule has 0 aliphatic carbocycles. The first kappa shape index (κ1) is 17.8. The lowest BCUT2D eigenvalue weighted by Crippen LogP contribution is -2.42. The minimum atomic E-state index is 0. The number of hydrogen-bond acceptors (Lipinski definition) is 2. The van der Waals surface area contributed by atoms with Gasteiger partial charge in [0.05, 0.1) is 6.54 Å². The number of ether oxygens (including phenoxy) is 1. The average Bonchev–Trinajstić information content (AvgIpc) is 2.89. The van der Waals surface area contributed by atoms with Crippen molar-refractivity contribution in [2.45, 2.75) is 25.9 Å². The maximum Gasteiger partial charge on any atom is 0.191 e. The fourth-order valence-electron chi connectivity index (χ4n) is 2.24. The number of para-hydroxylation sites is 1. The highest BCUT2D eigenvalue weighted by atomic mass is 127. The second-order valence-corrected chi connectivity index (χ2v) is 4.79. The Balaban J connectivity index is 0.00000220. The van der Waals surface area contributed by atoms with Crippen LogP contribution in [0.5, 0.6) is 5.75 Å². The first-order valence-corrected chi connectivity index (χ1v) is 7.13. The van der Waals surface area contributed by atoms with Crippen LogP contribution in [0.3, 0.4) is 0 Å². The van der Waals surface area contributed by atoms with Gasteiger partial charge in [-0.05, 0) is 25.0 Å². The summed E-state index contributed by atoms with van der Waals surface area (Å²) in [6, 6.07) is 8.22. The van der Waals surface area contributed by atoms with Gasteiger partial charge in [-0.1, -0.05) is 30.4 Å². The maximum atomic E-state index is 5.89. The van der Waals surface area contributed by atoms with E-state index in [1.165, 1.54) is 5.56 Å². The van der Waals surface area contributed by atoms with E-state index in [1.54, 1.807) is 7.05 Å². The number of rotatable bonds is 5. The third-order valence-electron chi connectivity index (χ3n) is 3.27. The summed E-state index contributed by atoms with van der Waals surface area (Å²) in [4.78, 5) is 4.21. The number of allylic oxidation sites excluding steroid dienone is 1. The molecule has 4 nitrogen and oxygen atoms in total. The lowest BCUT2D eigenvalue weighted by molar-refractivity contribution is 0.235. The topological polar surface area (TPSA) is 45.7 Å². The van der Waals surface area contributed by atoms with E-state index in [2.05, 4.69) is 39.9 Å². The number of aliphatic imine (C=N–C) groups is 1. The zero-order chi connectivity index (χ0) is 14.2. The molecule has 2 N–H and O–H groups in total. The standard InChI is InChI=1S/C16H23N3O.HI/c1-3-4-7-10-18-16(17-2)19-12-14-11-13-8-5-6-9-15(13)20-14;/h3-6,8-9,14H,7,10-12H2,1-2H3,(H2,17,18,19);1H. The summed E-state index contributed by atoms with van der Waals surface area (Å²) < 4.78 is 5.89. The molecule has 0 aromatic heterocycles. The monoisotopic (exact) mass is 401 g/mol.